The molecular weight excluding hydrogens is 222 g/mol. The molecule has 0 bridgehead atoms. The molecule has 0 radical (unpaired) electrons. The van der Waals surface area contributed by atoms with Gasteiger partial charge in [-0.05, 0) is 24.3 Å². The molecule has 0 fully saturated rings. The van der Waals surface area contributed by atoms with Crippen LogP contribution in [0.1, 0.15) is 0 Å². The van der Waals surface area contributed by atoms with Gasteiger partial charge in [-0.15, -0.1) is 0 Å². The Labute approximate surface area is 102 Å². The van der Waals surface area contributed by atoms with Crippen LogP contribution in [0.3, 0.4) is 0 Å². The zero-order chi connectivity index (χ0) is 12.2. The number of nitriles is 1. The summed E-state index contributed by atoms with van der Waals surface area (Å²) in [5.74, 6) is 0. The van der Waals surface area contributed by atoms with Crippen LogP contribution >= 0.6 is 11.6 Å². The third kappa shape index (κ3) is 4.09. The highest BCUT2D eigenvalue weighted by molar-refractivity contribution is 6.30. The topological polar surface area (TPSA) is 27.0 Å². The second-order valence-corrected chi connectivity index (χ2v) is 5.18. The minimum absolute atomic E-state index is 0.688. The standard InChI is InChI=1S/C12H17ClN3/c1-16(2,3)9-8-15(10-14)12-6-4-11(13)5-7-12/h4-7H,8-9H2,1-3H3/q+1. The van der Waals surface area contributed by atoms with Crippen molar-refractivity contribution >= 4 is 17.3 Å². The van der Waals surface area contributed by atoms with Crippen molar-refractivity contribution in [3.05, 3.63) is 29.3 Å². The number of nitrogens with zero attached hydrogens (tertiary/aromatic N) is 3. The highest BCUT2D eigenvalue weighted by Gasteiger charge is 2.11. The molecule has 3 nitrogen and oxygen atoms in total. The SMILES string of the molecule is C[N+](C)(C)CCN(C#N)c1ccc(Cl)cc1. The molecule has 0 spiro atoms. The van der Waals surface area contributed by atoms with E-state index < -0.39 is 0 Å². The van der Waals surface area contributed by atoms with E-state index in [1.54, 1.807) is 17.0 Å². The minimum Gasteiger partial charge on any atom is -0.329 e. The number of hydrogen-bond donors (Lipinski definition) is 0. The largest absolute Gasteiger partial charge is 0.329 e. The fourth-order valence-corrected chi connectivity index (χ4v) is 1.38. The van der Waals surface area contributed by atoms with Crippen LogP contribution < -0.4 is 4.90 Å². The van der Waals surface area contributed by atoms with Crippen LogP contribution in [0.25, 0.3) is 0 Å². The van der Waals surface area contributed by atoms with Gasteiger partial charge in [-0.2, -0.15) is 5.26 Å². The molecule has 1 aromatic carbocycles. The maximum Gasteiger partial charge on any atom is 0.184 e. The van der Waals surface area contributed by atoms with Gasteiger partial charge in [0.25, 0.3) is 0 Å². The summed E-state index contributed by atoms with van der Waals surface area (Å²) < 4.78 is 0.839. The summed E-state index contributed by atoms with van der Waals surface area (Å²) in [5.41, 5.74) is 0.889. The Balaban J connectivity index is 2.69. The van der Waals surface area contributed by atoms with Crippen molar-refractivity contribution in [3.63, 3.8) is 0 Å². The number of rotatable bonds is 4. The van der Waals surface area contributed by atoms with Gasteiger partial charge in [0.1, 0.15) is 0 Å². The Bertz CT molecular complexity index is 373. The van der Waals surface area contributed by atoms with Crippen molar-refractivity contribution in [2.24, 2.45) is 0 Å². The van der Waals surface area contributed by atoms with Crippen LogP contribution in [0.4, 0.5) is 5.69 Å². The number of likely N-dealkylation sites (N-methyl/N-ethyl adjacent to an activating group) is 1. The van der Waals surface area contributed by atoms with Crippen LogP contribution in [0, 0.1) is 11.5 Å². The minimum atomic E-state index is 0.688. The molecule has 0 aliphatic rings. The molecule has 4 heteroatoms. The molecule has 0 aliphatic carbocycles. The summed E-state index contributed by atoms with van der Waals surface area (Å²) >= 11 is 5.80. The van der Waals surface area contributed by atoms with Crippen molar-refractivity contribution in [3.8, 4) is 6.19 Å². The van der Waals surface area contributed by atoms with E-state index in [1.807, 2.05) is 12.1 Å². The number of benzene rings is 1. The van der Waals surface area contributed by atoms with Gasteiger partial charge in [-0.3, -0.25) is 4.90 Å². The third-order valence-electron chi connectivity index (χ3n) is 2.25. The van der Waals surface area contributed by atoms with E-state index in [4.69, 9.17) is 16.9 Å². The van der Waals surface area contributed by atoms with Gasteiger partial charge in [-0.1, -0.05) is 11.6 Å². The number of quaternary nitrogens is 1. The number of hydrogen-bond acceptors (Lipinski definition) is 2. The lowest BCUT2D eigenvalue weighted by Gasteiger charge is -2.26. The Morgan fingerprint density at radius 2 is 1.81 bits per heavy atom. The maximum absolute atomic E-state index is 9.08. The summed E-state index contributed by atoms with van der Waals surface area (Å²) in [6.07, 6.45) is 2.19. The average molecular weight is 239 g/mol. The summed E-state index contributed by atoms with van der Waals surface area (Å²) in [4.78, 5) is 1.68. The molecule has 0 N–H and O–H groups in total. The van der Waals surface area contributed by atoms with E-state index in [2.05, 4.69) is 27.3 Å². The van der Waals surface area contributed by atoms with Crippen LogP contribution in [0.5, 0.6) is 0 Å². The first-order chi connectivity index (χ1) is 7.42. The van der Waals surface area contributed by atoms with E-state index in [9.17, 15) is 0 Å². The van der Waals surface area contributed by atoms with Crippen molar-refractivity contribution < 1.29 is 4.48 Å². The van der Waals surface area contributed by atoms with Crippen LogP contribution in [-0.4, -0.2) is 38.7 Å². The molecule has 0 saturated heterocycles. The van der Waals surface area contributed by atoms with Gasteiger partial charge in [0, 0.05) is 5.02 Å². The molecule has 0 saturated carbocycles. The molecule has 0 atom stereocenters. The summed E-state index contributed by atoms with van der Waals surface area (Å²) in [6, 6.07) is 7.32. The van der Waals surface area contributed by atoms with Crippen LogP contribution in [-0.2, 0) is 0 Å². The molecule has 0 amide bonds. The van der Waals surface area contributed by atoms with E-state index >= 15 is 0 Å². The molecule has 0 heterocycles. The Morgan fingerprint density at radius 1 is 1.25 bits per heavy atom. The monoisotopic (exact) mass is 238 g/mol. The maximum atomic E-state index is 9.08. The molecule has 0 aliphatic heterocycles. The summed E-state index contributed by atoms with van der Waals surface area (Å²) in [6.45, 7) is 1.62. The van der Waals surface area contributed by atoms with E-state index in [-0.39, 0.29) is 0 Å². The quantitative estimate of drug-likeness (QED) is 0.457. The normalized spacial score (nSPS) is 10.9. The van der Waals surface area contributed by atoms with Crippen LogP contribution in [0.2, 0.25) is 5.02 Å². The first-order valence-electron chi connectivity index (χ1n) is 5.16. The Hall–Kier alpha value is -1.24. The van der Waals surface area contributed by atoms with Gasteiger partial charge in [0.05, 0.1) is 39.9 Å². The Kier molecular flexibility index (Phi) is 4.17. The number of halogens is 1. The smallest absolute Gasteiger partial charge is 0.184 e. The van der Waals surface area contributed by atoms with E-state index in [0.717, 1.165) is 16.7 Å². The molecule has 0 aromatic heterocycles. The summed E-state index contributed by atoms with van der Waals surface area (Å²) in [7, 11) is 6.33. The van der Waals surface area contributed by atoms with Crippen molar-refractivity contribution in [1.29, 1.82) is 5.26 Å². The molecular formula is C12H17ClN3+. The first-order valence-corrected chi connectivity index (χ1v) is 5.53. The van der Waals surface area contributed by atoms with Gasteiger partial charge in [0.2, 0.25) is 0 Å². The summed E-state index contributed by atoms with van der Waals surface area (Å²) in [5, 5.41) is 9.77. The molecule has 0 unspecified atom stereocenters. The zero-order valence-corrected chi connectivity index (χ0v) is 10.7. The van der Waals surface area contributed by atoms with Crippen LogP contribution in [0.15, 0.2) is 24.3 Å². The highest BCUT2D eigenvalue weighted by atomic mass is 35.5. The predicted octanol–water partition coefficient (Wildman–Crippen LogP) is 2.33. The second kappa shape index (κ2) is 5.20. The zero-order valence-electron chi connectivity index (χ0n) is 9.94. The molecule has 16 heavy (non-hydrogen) atoms. The van der Waals surface area contributed by atoms with Gasteiger partial charge < -0.3 is 4.48 Å². The second-order valence-electron chi connectivity index (χ2n) is 4.74. The molecule has 1 aromatic rings. The van der Waals surface area contributed by atoms with Crippen molar-refractivity contribution in [1.82, 2.24) is 0 Å². The van der Waals surface area contributed by atoms with Gasteiger partial charge in [-0.25, -0.2) is 0 Å². The van der Waals surface area contributed by atoms with E-state index in [0.29, 0.717) is 11.6 Å². The number of anilines is 1. The fourth-order valence-electron chi connectivity index (χ4n) is 1.26. The third-order valence-corrected chi connectivity index (χ3v) is 2.51. The van der Waals surface area contributed by atoms with Crippen molar-refractivity contribution in [2.45, 2.75) is 0 Å². The predicted molar refractivity (Wildman–Crippen MR) is 67.3 cm³/mol. The lowest BCUT2D eigenvalue weighted by Crippen LogP contribution is -2.40. The fraction of sp³-hybridized carbons (Fsp3) is 0.417. The molecule has 1 rings (SSSR count). The van der Waals surface area contributed by atoms with Gasteiger partial charge >= 0.3 is 0 Å². The molecule has 86 valence electrons. The lowest BCUT2D eigenvalue weighted by molar-refractivity contribution is -0.868. The Morgan fingerprint density at radius 3 is 2.25 bits per heavy atom. The highest BCUT2D eigenvalue weighted by Crippen LogP contribution is 2.17. The van der Waals surface area contributed by atoms with E-state index in [1.165, 1.54) is 0 Å². The first kappa shape index (κ1) is 12.8. The van der Waals surface area contributed by atoms with Crippen molar-refractivity contribution in [2.75, 3.05) is 39.1 Å². The average Bonchev–Trinajstić information content (AvgIpc) is 2.20. The van der Waals surface area contributed by atoms with Gasteiger partial charge in [0.15, 0.2) is 6.19 Å². The lowest BCUT2D eigenvalue weighted by atomic mass is 10.3.